The fourth-order valence-corrected chi connectivity index (χ4v) is 3.74. The van der Waals surface area contributed by atoms with Crippen LogP contribution in [0.5, 0.6) is 11.5 Å². The van der Waals surface area contributed by atoms with E-state index in [9.17, 15) is 14.7 Å². The van der Waals surface area contributed by atoms with Crippen molar-refractivity contribution in [3.8, 4) is 11.5 Å². The number of ether oxygens (including phenoxy) is 2. The van der Waals surface area contributed by atoms with E-state index in [4.69, 9.17) is 13.9 Å². The Morgan fingerprint density at radius 3 is 2.09 bits per heavy atom. The summed E-state index contributed by atoms with van der Waals surface area (Å²) < 4.78 is 16.2. The molecule has 164 valence electrons. The van der Waals surface area contributed by atoms with Gasteiger partial charge in [0.25, 0.3) is 5.91 Å². The van der Waals surface area contributed by atoms with Crippen LogP contribution in [0.3, 0.4) is 0 Å². The minimum absolute atomic E-state index is 0.0389. The molecule has 4 rings (SSSR count). The number of nitrogens with zero attached hydrogens (tertiary/aromatic N) is 1. The van der Waals surface area contributed by atoms with Crippen LogP contribution < -0.4 is 14.4 Å². The molecule has 1 aromatic heterocycles. The number of carbonyl (C=O) groups excluding carboxylic acids is 2. The average molecular weight is 433 g/mol. The predicted molar refractivity (Wildman–Crippen MR) is 118 cm³/mol. The largest absolute Gasteiger partial charge is 0.503 e. The number of amides is 1. The van der Waals surface area contributed by atoms with Crippen LogP contribution in [-0.2, 0) is 4.79 Å². The number of anilines is 1. The number of carbonyl (C=O) groups is 2. The van der Waals surface area contributed by atoms with E-state index >= 15 is 0 Å². The number of aliphatic hydroxyl groups is 1. The number of furan rings is 1. The Morgan fingerprint density at radius 2 is 1.56 bits per heavy atom. The van der Waals surface area contributed by atoms with Crippen LogP contribution in [0.4, 0.5) is 5.69 Å². The quantitative estimate of drug-likeness (QED) is 0.511. The molecule has 32 heavy (non-hydrogen) atoms. The van der Waals surface area contributed by atoms with Gasteiger partial charge in [-0.2, -0.15) is 0 Å². The van der Waals surface area contributed by atoms with E-state index in [1.54, 1.807) is 54.6 Å². The highest BCUT2D eigenvalue weighted by Crippen LogP contribution is 2.42. The van der Waals surface area contributed by atoms with Gasteiger partial charge in [0.1, 0.15) is 11.5 Å². The molecule has 1 amide bonds. The van der Waals surface area contributed by atoms with Crippen molar-refractivity contribution in [2.75, 3.05) is 18.1 Å². The molecule has 0 spiro atoms. The molecule has 1 unspecified atom stereocenters. The minimum atomic E-state index is -0.839. The van der Waals surface area contributed by atoms with Gasteiger partial charge < -0.3 is 19.0 Å². The summed E-state index contributed by atoms with van der Waals surface area (Å²) in [7, 11) is 0. The zero-order chi connectivity index (χ0) is 22.7. The van der Waals surface area contributed by atoms with E-state index in [2.05, 4.69) is 0 Å². The molecule has 7 heteroatoms. The van der Waals surface area contributed by atoms with Gasteiger partial charge in [0.2, 0.25) is 5.78 Å². The molecular weight excluding hydrogens is 410 g/mol. The lowest BCUT2D eigenvalue weighted by Gasteiger charge is -2.27. The first kappa shape index (κ1) is 21.2. The number of Topliss-reactive ketones (excluding diaryl/α,β-unsaturated/α-hetero) is 1. The number of hydrogen-bond donors (Lipinski definition) is 1. The predicted octanol–water partition coefficient (Wildman–Crippen LogP) is 4.86. The van der Waals surface area contributed by atoms with Gasteiger partial charge in [-0.15, -0.1) is 0 Å². The van der Waals surface area contributed by atoms with Gasteiger partial charge in [0, 0.05) is 5.69 Å². The SMILES string of the molecule is CCOc1ccc(C2C(C(=O)c3ccco3)=C(O)C(=O)N2c2ccc(OCC)cc2)cc1. The Labute approximate surface area is 185 Å². The molecule has 7 nitrogen and oxygen atoms in total. The van der Waals surface area contributed by atoms with Crippen LogP contribution in [-0.4, -0.2) is 30.0 Å². The topological polar surface area (TPSA) is 89.2 Å². The van der Waals surface area contributed by atoms with Crippen LogP contribution in [0, 0.1) is 0 Å². The van der Waals surface area contributed by atoms with Crippen molar-refractivity contribution in [3.63, 3.8) is 0 Å². The lowest BCUT2D eigenvalue weighted by molar-refractivity contribution is -0.117. The van der Waals surface area contributed by atoms with Gasteiger partial charge in [0.15, 0.2) is 11.5 Å². The molecule has 1 atom stereocenters. The number of ketones is 1. The summed E-state index contributed by atoms with van der Waals surface area (Å²) >= 11 is 0. The van der Waals surface area contributed by atoms with Gasteiger partial charge in [-0.05, 0) is 67.9 Å². The first-order valence-corrected chi connectivity index (χ1v) is 10.4. The summed E-state index contributed by atoms with van der Waals surface area (Å²) in [4.78, 5) is 27.7. The maximum absolute atomic E-state index is 13.2. The summed E-state index contributed by atoms with van der Waals surface area (Å²) in [6.45, 7) is 4.80. The standard InChI is InChI=1S/C25H23NO6/c1-3-30-18-11-7-16(8-12-18)22-21(23(27)20-6-5-15-32-20)24(28)25(29)26(22)17-9-13-19(14-10-17)31-4-2/h5-15,22,28H,3-4H2,1-2H3. The molecule has 3 aromatic rings. The second-order valence-corrected chi connectivity index (χ2v) is 7.08. The smallest absolute Gasteiger partial charge is 0.294 e. The van der Waals surface area contributed by atoms with Crippen molar-refractivity contribution in [2.45, 2.75) is 19.9 Å². The van der Waals surface area contributed by atoms with Crippen LogP contribution in [0.2, 0.25) is 0 Å². The molecule has 2 heterocycles. The van der Waals surface area contributed by atoms with Gasteiger partial charge in [-0.3, -0.25) is 14.5 Å². The number of benzene rings is 2. The van der Waals surface area contributed by atoms with Crippen molar-refractivity contribution in [2.24, 2.45) is 0 Å². The van der Waals surface area contributed by atoms with Crippen molar-refractivity contribution in [1.82, 2.24) is 0 Å². The molecule has 0 saturated heterocycles. The molecule has 0 saturated carbocycles. The highest BCUT2D eigenvalue weighted by Gasteiger charge is 2.45. The van der Waals surface area contributed by atoms with Crippen molar-refractivity contribution in [3.05, 3.63) is 89.6 Å². The third-order valence-corrected chi connectivity index (χ3v) is 5.13. The van der Waals surface area contributed by atoms with E-state index in [-0.39, 0.29) is 11.3 Å². The Hall–Kier alpha value is -4.00. The number of aliphatic hydroxyl groups excluding tert-OH is 1. The van der Waals surface area contributed by atoms with Crippen molar-refractivity contribution >= 4 is 17.4 Å². The van der Waals surface area contributed by atoms with Gasteiger partial charge in [-0.25, -0.2) is 0 Å². The third kappa shape index (κ3) is 3.85. The second-order valence-electron chi connectivity index (χ2n) is 7.08. The summed E-state index contributed by atoms with van der Waals surface area (Å²) in [5, 5.41) is 10.7. The van der Waals surface area contributed by atoms with Crippen molar-refractivity contribution < 1.29 is 28.6 Å². The third-order valence-electron chi connectivity index (χ3n) is 5.13. The molecule has 1 N–H and O–H groups in total. The zero-order valence-corrected chi connectivity index (χ0v) is 17.8. The summed E-state index contributed by atoms with van der Waals surface area (Å²) in [6.07, 6.45) is 1.37. The van der Waals surface area contributed by atoms with E-state index in [1.165, 1.54) is 17.2 Å². The first-order valence-electron chi connectivity index (χ1n) is 10.4. The minimum Gasteiger partial charge on any atom is -0.503 e. The average Bonchev–Trinajstić information content (AvgIpc) is 3.43. The summed E-state index contributed by atoms with van der Waals surface area (Å²) in [5.41, 5.74) is 1.13. The highest BCUT2D eigenvalue weighted by molar-refractivity contribution is 6.20. The van der Waals surface area contributed by atoms with Crippen LogP contribution in [0.25, 0.3) is 0 Å². The molecule has 0 aliphatic carbocycles. The summed E-state index contributed by atoms with van der Waals surface area (Å²) in [5.74, 6) is -0.441. The van der Waals surface area contributed by atoms with Crippen LogP contribution in [0.15, 0.2) is 82.7 Å². The zero-order valence-electron chi connectivity index (χ0n) is 17.8. The number of hydrogen-bond acceptors (Lipinski definition) is 6. The molecule has 0 fully saturated rings. The monoisotopic (exact) mass is 433 g/mol. The van der Waals surface area contributed by atoms with E-state index < -0.39 is 23.5 Å². The molecule has 1 aliphatic heterocycles. The normalized spacial score (nSPS) is 15.9. The Balaban J connectivity index is 1.80. The van der Waals surface area contributed by atoms with Gasteiger partial charge in [0.05, 0.1) is 31.1 Å². The lowest BCUT2D eigenvalue weighted by Crippen LogP contribution is -2.31. The van der Waals surface area contributed by atoms with E-state index in [0.717, 1.165) is 0 Å². The Bertz CT molecular complexity index is 1130. The molecule has 1 aliphatic rings. The number of rotatable bonds is 8. The van der Waals surface area contributed by atoms with Crippen LogP contribution >= 0.6 is 0 Å². The highest BCUT2D eigenvalue weighted by atomic mass is 16.5. The molecule has 0 radical (unpaired) electrons. The molecule has 0 bridgehead atoms. The Kier molecular flexibility index (Phi) is 5.98. The van der Waals surface area contributed by atoms with Gasteiger partial charge >= 0.3 is 0 Å². The second kappa shape index (κ2) is 9.01. The lowest BCUT2D eigenvalue weighted by atomic mass is 9.94. The molecule has 2 aromatic carbocycles. The van der Waals surface area contributed by atoms with Gasteiger partial charge in [-0.1, -0.05) is 12.1 Å². The summed E-state index contributed by atoms with van der Waals surface area (Å²) in [6, 6.07) is 16.3. The maximum Gasteiger partial charge on any atom is 0.294 e. The van der Waals surface area contributed by atoms with E-state index in [1.807, 2.05) is 13.8 Å². The fourth-order valence-electron chi connectivity index (χ4n) is 3.74. The Morgan fingerprint density at radius 1 is 0.969 bits per heavy atom. The van der Waals surface area contributed by atoms with Crippen molar-refractivity contribution in [1.29, 1.82) is 0 Å². The maximum atomic E-state index is 13.2. The van der Waals surface area contributed by atoms with Crippen LogP contribution in [0.1, 0.15) is 36.0 Å². The van der Waals surface area contributed by atoms with E-state index in [0.29, 0.717) is 36.0 Å². The fraction of sp³-hybridized carbons (Fsp3) is 0.200. The molecular formula is C25H23NO6. The first-order chi connectivity index (χ1) is 15.5.